The maximum Gasteiger partial charge on any atom is 0.231 e. The molecule has 0 N–H and O–H groups in total. The highest BCUT2D eigenvalue weighted by Gasteiger charge is 2.28. The molecule has 1 heterocycles. The van der Waals surface area contributed by atoms with Crippen molar-refractivity contribution < 1.29 is 4.79 Å². The molecule has 2 aromatic rings. The van der Waals surface area contributed by atoms with Crippen molar-refractivity contribution in [3.05, 3.63) is 23.8 Å². The van der Waals surface area contributed by atoms with Crippen molar-refractivity contribution >= 4 is 32.6 Å². The Hall–Kier alpha value is -1.46. The molecule has 0 saturated heterocycles. The number of nitrogens with zero attached hydrogens (tertiary/aromatic N) is 3. The second-order valence-corrected chi connectivity index (χ2v) is 8.33. The Balaban J connectivity index is 1.85. The first kappa shape index (κ1) is 19.3. The van der Waals surface area contributed by atoms with Crippen LogP contribution in [0.2, 0.25) is 0 Å². The van der Waals surface area contributed by atoms with Gasteiger partial charge in [0.05, 0.1) is 10.2 Å². The van der Waals surface area contributed by atoms with E-state index in [0.717, 1.165) is 49.7 Å². The third-order valence-corrected chi connectivity index (χ3v) is 6.56. The number of anilines is 1. The molecule has 5 heteroatoms. The second kappa shape index (κ2) is 8.96. The van der Waals surface area contributed by atoms with Gasteiger partial charge in [-0.05, 0) is 50.6 Å². The fourth-order valence-electron chi connectivity index (χ4n) is 3.79. The summed E-state index contributed by atoms with van der Waals surface area (Å²) in [5.74, 6) is 0.460. The Morgan fingerprint density at radius 3 is 2.58 bits per heavy atom. The quantitative estimate of drug-likeness (QED) is 0.695. The molecular weight excluding hydrogens is 342 g/mol. The average molecular weight is 374 g/mol. The van der Waals surface area contributed by atoms with Gasteiger partial charge in [0.25, 0.3) is 0 Å². The number of aromatic nitrogens is 1. The molecule has 3 rings (SSSR count). The Morgan fingerprint density at radius 2 is 1.88 bits per heavy atom. The third kappa shape index (κ3) is 4.44. The normalized spacial score (nSPS) is 15.7. The molecule has 1 fully saturated rings. The van der Waals surface area contributed by atoms with Gasteiger partial charge in [-0.15, -0.1) is 0 Å². The van der Waals surface area contributed by atoms with E-state index >= 15 is 0 Å². The molecule has 0 aliphatic heterocycles. The van der Waals surface area contributed by atoms with Crippen LogP contribution in [0, 0.1) is 12.8 Å². The first-order valence-corrected chi connectivity index (χ1v) is 10.8. The van der Waals surface area contributed by atoms with E-state index in [-0.39, 0.29) is 11.8 Å². The average Bonchev–Trinajstić information content (AvgIpc) is 3.08. The summed E-state index contributed by atoms with van der Waals surface area (Å²) >= 11 is 1.65. The molecule has 0 atom stereocenters. The van der Waals surface area contributed by atoms with Crippen LogP contribution in [0.25, 0.3) is 10.2 Å². The highest BCUT2D eigenvalue weighted by molar-refractivity contribution is 7.22. The largest absolute Gasteiger partial charge is 0.302 e. The number of fused-ring (bicyclic) bond motifs is 1. The lowest BCUT2D eigenvalue weighted by Crippen LogP contribution is -2.42. The summed E-state index contributed by atoms with van der Waals surface area (Å²) in [6, 6.07) is 6.33. The maximum atomic E-state index is 13.3. The van der Waals surface area contributed by atoms with Crippen LogP contribution in [0.5, 0.6) is 0 Å². The number of rotatable bonds is 7. The molecule has 1 amide bonds. The second-order valence-electron chi connectivity index (χ2n) is 7.32. The summed E-state index contributed by atoms with van der Waals surface area (Å²) in [4.78, 5) is 22.5. The fraction of sp³-hybridized carbons (Fsp3) is 0.619. The summed E-state index contributed by atoms with van der Waals surface area (Å²) in [5, 5.41) is 0.869. The van der Waals surface area contributed by atoms with Crippen LogP contribution >= 0.6 is 11.3 Å². The number of hydrogen-bond donors (Lipinski definition) is 0. The van der Waals surface area contributed by atoms with Gasteiger partial charge in [-0.2, -0.15) is 0 Å². The van der Waals surface area contributed by atoms with Crippen LogP contribution in [0.4, 0.5) is 5.13 Å². The van der Waals surface area contributed by atoms with Crippen molar-refractivity contribution in [3.63, 3.8) is 0 Å². The molecule has 1 aromatic heterocycles. The van der Waals surface area contributed by atoms with Crippen LogP contribution in [-0.4, -0.2) is 42.0 Å². The Morgan fingerprint density at radius 1 is 1.15 bits per heavy atom. The molecule has 0 radical (unpaired) electrons. The van der Waals surface area contributed by atoms with E-state index in [2.05, 4.69) is 43.9 Å². The van der Waals surface area contributed by atoms with Gasteiger partial charge in [0.1, 0.15) is 0 Å². The zero-order valence-electron chi connectivity index (χ0n) is 16.3. The van der Waals surface area contributed by atoms with Gasteiger partial charge >= 0.3 is 0 Å². The molecule has 4 nitrogen and oxygen atoms in total. The van der Waals surface area contributed by atoms with E-state index in [4.69, 9.17) is 4.98 Å². The lowest BCUT2D eigenvalue weighted by Gasteiger charge is -2.29. The van der Waals surface area contributed by atoms with Gasteiger partial charge in [-0.3, -0.25) is 9.69 Å². The van der Waals surface area contributed by atoms with Crippen molar-refractivity contribution in [3.8, 4) is 0 Å². The van der Waals surface area contributed by atoms with Gasteiger partial charge in [0.15, 0.2) is 5.13 Å². The summed E-state index contributed by atoms with van der Waals surface area (Å²) < 4.78 is 1.17. The van der Waals surface area contributed by atoms with Crippen LogP contribution in [0.15, 0.2) is 18.2 Å². The Labute approximate surface area is 161 Å². The molecule has 0 unspecified atom stereocenters. The first-order chi connectivity index (χ1) is 12.6. The number of amides is 1. The van der Waals surface area contributed by atoms with E-state index in [0.29, 0.717) is 0 Å². The Bertz CT molecular complexity index is 732. The number of hydrogen-bond acceptors (Lipinski definition) is 4. The lowest BCUT2D eigenvalue weighted by molar-refractivity contribution is -0.123. The van der Waals surface area contributed by atoms with E-state index in [1.165, 1.54) is 29.5 Å². The third-order valence-electron chi connectivity index (χ3n) is 5.52. The van der Waals surface area contributed by atoms with Crippen molar-refractivity contribution in [1.29, 1.82) is 0 Å². The molecule has 142 valence electrons. The van der Waals surface area contributed by atoms with Crippen LogP contribution < -0.4 is 4.90 Å². The minimum atomic E-state index is 0.175. The summed E-state index contributed by atoms with van der Waals surface area (Å²) in [5.41, 5.74) is 2.24. The van der Waals surface area contributed by atoms with E-state index in [1.54, 1.807) is 11.3 Å². The van der Waals surface area contributed by atoms with Crippen molar-refractivity contribution in [2.45, 2.75) is 52.9 Å². The summed E-state index contributed by atoms with van der Waals surface area (Å²) in [7, 11) is 0. The van der Waals surface area contributed by atoms with Gasteiger partial charge in [-0.1, -0.05) is 50.5 Å². The molecule has 26 heavy (non-hydrogen) atoms. The number of aryl methyl sites for hydroxylation is 1. The molecule has 1 aliphatic carbocycles. The number of benzene rings is 1. The van der Waals surface area contributed by atoms with Crippen molar-refractivity contribution in [2.24, 2.45) is 5.92 Å². The van der Waals surface area contributed by atoms with E-state index in [1.807, 2.05) is 4.90 Å². The van der Waals surface area contributed by atoms with E-state index < -0.39 is 0 Å². The molecule has 1 saturated carbocycles. The zero-order chi connectivity index (χ0) is 18.5. The fourth-order valence-corrected chi connectivity index (χ4v) is 4.88. The summed E-state index contributed by atoms with van der Waals surface area (Å²) in [6.07, 6.45) is 5.69. The van der Waals surface area contributed by atoms with Gasteiger partial charge in [0.2, 0.25) is 5.91 Å². The molecule has 1 aliphatic rings. The smallest absolute Gasteiger partial charge is 0.231 e. The predicted molar refractivity (Wildman–Crippen MR) is 111 cm³/mol. The predicted octanol–water partition coefficient (Wildman–Crippen LogP) is 4.86. The minimum absolute atomic E-state index is 0.175. The van der Waals surface area contributed by atoms with Crippen LogP contribution in [0.3, 0.4) is 0 Å². The van der Waals surface area contributed by atoms with Gasteiger partial charge in [-0.25, -0.2) is 4.98 Å². The highest BCUT2D eigenvalue weighted by Crippen LogP contribution is 2.32. The number of likely N-dealkylation sites (N-methyl/N-ethyl adjacent to an activating group) is 1. The van der Waals surface area contributed by atoms with Gasteiger partial charge in [0, 0.05) is 19.0 Å². The topological polar surface area (TPSA) is 36.4 Å². The lowest BCUT2D eigenvalue weighted by atomic mass is 9.88. The minimum Gasteiger partial charge on any atom is -0.302 e. The highest BCUT2D eigenvalue weighted by atomic mass is 32.1. The zero-order valence-corrected chi connectivity index (χ0v) is 17.1. The SMILES string of the molecule is CCN(CC)CCN(C(=O)C1CCCCC1)c1nc2ccc(C)cc2s1. The molecule has 0 bridgehead atoms. The first-order valence-electron chi connectivity index (χ1n) is 10.0. The van der Waals surface area contributed by atoms with E-state index in [9.17, 15) is 4.79 Å². The van der Waals surface area contributed by atoms with Gasteiger partial charge < -0.3 is 4.90 Å². The van der Waals surface area contributed by atoms with Crippen molar-refractivity contribution in [2.75, 3.05) is 31.1 Å². The monoisotopic (exact) mass is 373 g/mol. The molecular formula is C21H31N3OS. The number of carbonyl (C=O) groups excluding carboxylic acids is 1. The number of carbonyl (C=O) groups is 1. The van der Waals surface area contributed by atoms with Crippen LogP contribution in [-0.2, 0) is 4.79 Å². The van der Waals surface area contributed by atoms with Crippen molar-refractivity contribution in [1.82, 2.24) is 9.88 Å². The summed E-state index contributed by atoms with van der Waals surface area (Å²) in [6.45, 7) is 10.1. The molecule has 1 aromatic carbocycles. The standard InChI is InChI=1S/C21H31N3OS/c1-4-23(5-2)13-14-24(20(25)17-9-7-6-8-10-17)21-22-18-12-11-16(3)15-19(18)26-21/h11-12,15,17H,4-10,13-14H2,1-3H3. The Kier molecular flexibility index (Phi) is 6.65. The maximum absolute atomic E-state index is 13.3. The van der Waals surface area contributed by atoms with Crippen LogP contribution in [0.1, 0.15) is 51.5 Å². The molecule has 0 spiro atoms. The number of thiazole rings is 1.